The normalized spacial score (nSPS) is 16.7. The van der Waals surface area contributed by atoms with E-state index in [-0.39, 0.29) is 12.5 Å². The van der Waals surface area contributed by atoms with Crippen molar-refractivity contribution in [1.29, 1.82) is 0 Å². The Hall–Kier alpha value is -2.36. The lowest BCUT2D eigenvalue weighted by Crippen LogP contribution is -2.51. The Labute approximate surface area is 188 Å². The van der Waals surface area contributed by atoms with E-state index in [1.807, 2.05) is 17.9 Å². The van der Waals surface area contributed by atoms with Crippen molar-refractivity contribution in [1.82, 2.24) is 14.1 Å². The fourth-order valence-corrected chi connectivity index (χ4v) is 5.50. The predicted molar refractivity (Wildman–Crippen MR) is 119 cm³/mol. The summed E-state index contributed by atoms with van der Waals surface area (Å²) in [7, 11) is -1.97. The summed E-state index contributed by atoms with van der Waals surface area (Å²) >= 11 is 0. The van der Waals surface area contributed by atoms with Gasteiger partial charge in [-0.05, 0) is 55.7 Å². The molecule has 32 heavy (non-hydrogen) atoms. The summed E-state index contributed by atoms with van der Waals surface area (Å²) in [6.45, 7) is 6.98. The highest BCUT2D eigenvalue weighted by atomic mass is 32.2. The minimum atomic E-state index is -3.60. The Kier molecular flexibility index (Phi) is 7.32. The number of piperazine rings is 1. The molecule has 1 atom stereocenters. The van der Waals surface area contributed by atoms with Gasteiger partial charge in [0.15, 0.2) is 11.6 Å². The minimum absolute atomic E-state index is 0.127. The van der Waals surface area contributed by atoms with Gasteiger partial charge in [-0.25, -0.2) is 17.2 Å². The van der Waals surface area contributed by atoms with Crippen LogP contribution in [0.15, 0.2) is 41.3 Å². The molecule has 3 rings (SSSR count). The molecule has 1 saturated heterocycles. The first kappa shape index (κ1) is 24.3. The number of rotatable bonds is 6. The Morgan fingerprint density at radius 3 is 2.31 bits per heavy atom. The molecule has 0 aliphatic carbocycles. The van der Waals surface area contributed by atoms with Crippen molar-refractivity contribution in [3.8, 4) is 0 Å². The highest BCUT2D eigenvalue weighted by Crippen LogP contribution is 2.23. The average Bonchev–Trinajstić information content (AvgIpc) is 2.76. The number of carbonyl (C=O) groups excluding carboxylic acids is 1. The number of amides is 1. The first-order valence-corrected chi connectivity index (χ1v) is 11.9. The predicted octanol–water partition coefficient (Wildman–Crippen LogP) is 3.11. The summed E-state index contributed by atoms with van der Waals surface area (Å²) in [5.41, 5.74) is 2.10. The van der Waals surface area contributed by atoms with Gasteiger partial charge >= 0.3 is 0 Å². The molecule has 1 fully saturated rings. The summed E-state index contributed by atoms with van der Waals surface area (Å²) in [4.78, 5) is 16.5. The summed E-state index contributed by atoms with van der Waals surface area (Å²) in [5, 5.41) is 0. The van der Waals surface area contributed by atoms with Crippen molar-refractivity contribution >= 4 is 15.9 Å². The molecule has 0 aromatic heterocycles. The molecular weight excluding hydrogens is 436 g/mol. The standard InChI is InChI=1S/C23H29F2N3O3S/c1-16-5-6-17(2)22(13-16)32(30,31)28-11-9-27(10-12-28)15-23(29)26(4)18(3)19-7-8-20(24)21(25)14-19/h5-8,13-14,18H,9-12,15H2,1-4H3. The van der Waals surface area contributed by atoms with Crippen LogP contribution >= 0.6 is 0 Å². The van der Waals surface area contributed by atoms with Crippen LogP contribution in [-0.4, -0.2) is 68.2 Å². The van der Waals surface area contributed by atoms with E-state index >= 15 is 0 Å². The molecule has 1 aliphatic heterocycles. The summed E-state index contributed by atoms with van der Waals surface area (Å²) < 4.78 is 54.3. The monoisotopic (exact) mass is 465 g/mol. The van der Waals surface area contributed by atoms with Crippen LogP contribution in [0.1, 0.15) is 29.7 Å². The van der Waals surface area contributed by atoms with Gasteiger partial charge in [-0.3, -0.25) is 9.69 Å². The van der Waals surface area contributed by atoms with Crippen molar-refractivity contribution in [2.75, 3.05) is 39.8 Å². The quantitative estimate of drug-likeness (QED) is 0.658. The molecule has 0 N–H and O–H groups in total. The number of hydrogen-bond acceptors (Lipinski definition) is 4. The molecular formula is C23H29F2N3O3S. The van der Waals surface area contributed by atoms with Crippen molar-refractivity contribution in [2.24, 2.45) is 0 Å². The van der Waals surface area contributed by atoms with Gasteiger partial charge in [0.1, 0.15) is 0 Å². The summed E-state index contributed by atoms with van der Waals surface area (Å²) in [6.07, 6.45) is 0. The molecule has 0 saturated carbocycles. The van der Waals surface area contributed by atoms with Crippen molar-refractivity contribution < 1.29 is 22.0 Å². The van der Waals surface area contributed by atoms with Crippen molar-refractivity contribution in [2.45, 2.75) is 31.7 Å². The third-order valence-corrected chi connectivity index (χ3v) is 8.09. The third kappa shape index (κ3) is 5.16. The topological polar surface area (TPSA) is 60.9 Å². The average molecular weight is 466 g/mol. The van der Waals surface area contributed by atoms with E-state index in [1.54, 1.807) is 33.0 Å². The summed E-state index contributed by atoms with van der Waals surface area (Å²) in [5.74, 6) is -2.05. The molecule has 0 radical (unpaired) electrons. The van der Waals surface area contributed by atoms with Crippen molar-refractivity contribution in [3.05, 3.63) is 64.7 Å². The van der Waals surface area contributed by atoms with Gasteiger partial charge in [0.2, 0.25) is 15.9 Å². The van der Waals surface area contributed by atoms with Gasteiger partial charge in [0, 0.05) is 33.2 Å². The van der Waals surface area contributed by atoms with Gasteiger partial charge in [0.25, 0.3) is 0 Å². The number of halogens is 2. The van der Waals surface area contributed by atoms with Gasteiger partial charge in [-0.2, -0.15) is 4.31 Å². The molecule has 174 valence electrons. The van der Waals surface area contributed by atoms with E-state index in [9.17, 15) is 22.0 Å². The number of likely N-dealkylation sites (N-methyl/N-ethyl adjacent to an activating group) is 1. The van der Waals surface area contributed by atoms with Gasteiger partial charge in [-0.1, -0.05) is 18.2 Å². The van der Waals surface area contributed by atoms with E-state index in [1.165, 1.54) is 15.3 Å². The second-order valence-electron chi connectivity index (χ2n) is 8.30. The van der Waals surface area contributed by atoms with Gasteiger partial charge in [-0.15, -0.1) is 0 Å². The van der Waals surface area contributed by atoms with E-state index in [2.05, 4.69) is 0 Å². The molecule has 1 unspecified atom stereocenters. The molecule has 2 aromatic carbocycles. The van der Waals surface area contributed by atoms with E-state index in [0.717, 1.165) is 17.7 Å². The molecule has 6 nitrogen and oxygen atoms in total. The second-order valence-corrected chi connectivity index (χ2v) is 10.2. The zero-order valence-corrected chi connectivity index (χ0v) is 19.6. The van der Waals surface area contributed by atoms with Gasteiger partial charge in [0.05, 0.1) is 17.5 Å². The van der Waals surface area contributed by atoms with Crippen LogP contribution in [0.25, 0.3) is 0 Å². The van der Waals surface area contributed by atoms with E-state index in [4.69, 9.17) is 0 Å². The lowest BCUT2D eigenvalue weighted by molar-refractivity contribution is -0.133. The Morgan fingerprint density at radius 1 is 1.03 bits per heavy atom. The molecule has 9 heteroatoms. The lowest BCUT2D eigenvalue weighted by Gasteiger charge is -2.35. The smallest absolute Gasteiger partial charge is 0.243 e. The van der Waals surface area contributed by atoms with Crippen LogP contribution in [0, 0.1) is 25.5 Å². The van der Waals surface area contributed by atoms with Crippen LogP contribution in [0.2, 0.25) is 0 Å². The molecule has 1 heterocycles. The Bertz CT molecular complexity index is 1100. The van der Waals surface area contributed by atoms with Crippen LogP contribution in [0.3, 0.4) is 0 Å². The molecule has 0 bridgehead atoms. The highest BCUT2D eigenvalue weighted by molar-refractivity contribution is 7.89. The van der Waals surface area contributed by atoms with E-state index < -0.39 is 27.7 Å². The zero-order chi connectivity index (χ0) is 23.6. The summed E-state index contributed by atoms with van der Waals surface area (Å²) in [6, 6.07) is 8.56. The number of carbonyl (C=O) groups is 1. The fraction of sp³-hybridized carbons (Fsp3) is 0.435. The van der Waals surface area contributed by atoms with Crippen molar-refractivity contribution in [3.63, 3.8) is 0 Å². The minimum Gasteiger partial charge on any atom is -0.338 e. The maximum Gasteiger partial charge on any atom is 0.243 e. The highest BCUT2D eigenvalue weighted by Gasteiger charge is 2.31. The molecule has 1 aliphatic rings. The van der Waals surface area contributed by atoms with Crippen LogP contribution in [0.5, 0.6) is 0 Å². The van der Waals surface area contributed by atoms with Crippen LogP contribution in [0.4, 0.5) is 8.78 Å². The number of nitrogens with zero attached hydrogens (tertiary/aromatic N) is 3. The zero-order valence-electron chi connectivity index (χ0n) is 18.8. The first-order chi connectivity index (χ1) is 15.0. The largest absolute Gasteiger partial charge is 0.338 e. The fourth-order valence-electron chi connectivity index (χ4n) is 3.77. The number of hydrogen-bond donors (Lipinski definition) is 0. The van der Waals surface area contributed by atoms with Gasteiger partial charge < -0.3 is 4.90 Å². The third-order valence-electron chi connectivity index (χ3n) is 6.05. The first-order valence-electron chi connectivity index (χ1n) is 10.5. The maximum absolute atomic E-state index is 13.5. The number of benzene rings is 2. The number of aryl methyl sites for hydroxylation is 2. The Balaban J connectivity index is 1.60. The lowest BCUT2D eigenvalue weighted by atomic mass is 10.1. The van der Waals surface area contributed by atoms with Crippen LogP contribution < -0.4 is 0 Å². The Morgan fingerprint density at radius 2 is 1.69 bits per heavy atom. The second kappa shape index (κ2) is 9.64. The SMILES string of the molecule is Cc1ccc(C)c(S(=O)(=O)N2CCN(CC(=O)N(C)C(C)c3ccc(F)c(F)c3)CC2)c1. The maximum atomic E-state index is 13.5. The molecule has 1 amide bonds. The van der Waals surface area contributed by atoms with E-state index in [0.29, 0.717) is 42.2 Å². The molecule has 0 spiro atoms. The number of sulfonamides is 1. The van der Waals surface area contributed by atoms with Crippen LogP contribution in [-0.2, 0) is 14.8 Å². The molecule has 2 aromatic rings.